The van der Waals surface area contributed by atoms with Crippen LogP contribution in [0.1, 0.15) is 23.1 Å². The number of H-pyrrole nitrogens is 1. The summed E-state index contributed by atoms with van der Waals surface area (Å²) in [6, 6.07) is 4.51. The maximum absolute atomic E-state index is 13.1. The molecule has 0 radical (unpaired) electrons. The number of aryl methyl sites for hydroxylation is 1. The van der Waals surface area contributed by atoms with Gasteiger partial charge in [-0.3, -0.25) is 5.10 Å². The van der Waals surface area contributed by atoms with Crippen molar-refractivity contribution in [3.63, 3.8) is 0 Å². The van der Waals surface area contributed by atoms with E-state index in [1.807, 2.05) is 0 Å². The number of aromatic nitrogens is 3. The number of benzene rings is 1. The Labute approximate surface area is 103 Å². The van der Waals surface area contributed by atoms with E-state index in [4.69, 9.17) is 4.74 Å². The summed E-state index contributed by atoms with van der Waals surface area (Å²) in [5.74, 6) is -0.482. The molecule has 1 aromatic carbocycles. The van der Waals surface area contributed by atoms with Gasteiger partial charge >= 0.3 is 5.97 Å². The number of ether oxygens (including phenoxy) is 1. The van der Waals surface area contributed by atoms with Crippen LogP contribution in [0.25, 0.3) is 11.4 Å². The van der Waals surface area contributed by atoms with Gasteiger partial charge in [0, 0.05) is 5.56 Å². The summed E-state index contributed by atoms with van der Waals surface area (Å²) >= 11 is 0. The number of rotatable bonds is 3. The molecule has 1 N–H and O–H groups in total. The minimum absolute atomic E-state index is 0.0360. The molecule has 0 aliphatic carbocycles. The van der Waals surface area contributed by atoms with E-state index in [9.17, 15) is 9.18 Å². The molecule has 0 spiro atoms. The van der Waals surface area contributed by atoms with Gasteiger partial charge in [-0.2, -0.15) is 5.10 Å². The lowest BCUT2D eigenvalue weighted by atomic mass is 10.1. The van der Waals surface area contributed by atoms with E-state index in [1.54, 1.807) is 26.0 Å². The number of carbonyl (C=O) groups excluding carboxylic acids is 1. The topological polar surface area (TPSA) is 67.9 Å². The van der Waals surface area contributed by atoms with Crippen LogP contribution in [0.5, 0.6) is 0 Å². The lowest BCUT2D eigenvalue weighted by Gasteiger charge is -1.98. The number of carbonyl (C=O) groups is 1. The third-order valence-electron chi connectivity index (χ3n) is 2.37. The average Bonchev–Trinajstić information content (AvgIpc) is 2.82. The van der Waals surface area contributed by atoms with Crippen molar-refractivity contribution in [3.8, 4) is 11.4 Å². The molecule has 2 aromatic rings. The fourth-order valence-corrected chi connectivity index (χ4v) is 1.47. The molecule has 0 fully saturated rings. The largest absolute Gasteiger partial charge is 0.460 e. The van der Waals surface area contributed by atoms with Crippen LogP contribution in [-0.4, -0.2) is 27.8 Å². The Hall–Kier alpha value is -2.24. The van der Waals surface area contributed by atoms with E-state index in [-0.39, 0.29) is 18.2 Å². The van der Waals surface area contributed by atoms with Gasteiger partial charge in [-0.15, -0.1) is 0 Å². The molecule has 0 aliphatic heterocycles. The number of hydrogen-bond donors (Lipinski definition) is 1. The summed E-state index contributed by atoms with van der Waals surface area (Å²) in [6.45, 7) is 3.63. The number of aromatic amines is 1. The molecule has 18 heavy (non-hydrogen) atoms. The van der Waals surface area contributed by atoms with E-state index in [1.165, 1.54) is 6.07 Å². The van der Waals surface area contributed by atoms with Gasteiger partial charge in [0.05, 0.1) is 6.61 Å². The SMILES string of the molecule is CCOC(=O)c1nc(-c2ccc(F)c(C)c2)n[nH]1. The van der Waals surface area contributed by atoms with Gasteiger partial charge in [0.15, 0.2) is 5.82 Å². The molecule has 5 nitrogen and oxygen atoms in total. The normalized spacial score (nSPS) is 10.4. The maximum atomic E-state index is 13.1. The van der Waals surface area contributed by atoms with Crippen molar-refractivity contribution < 1.29 is 13.9 Å². The Balaban J connectivity index is 2.29. The number of nitrogens with zero attached hydrogens (tertiary/aromatic N) is 2. The molecular weight excluding hydrogens is 237 g/mol. The first-order chi connectivity index (χ1) is 8.61. The summed E-state index contributed by atoms with van der Waals surface area (Å²) in [7, 11) is 0. The van der Waals surface area contributed by atoms with Gasteiger partial charge < -0.3 is 4.74 Å². The van der Waals surface area contributed by atoms with Crippen LogP contribution in [0.2, 0.25) is 0 Å². The summed E-state index contributed by atoms with van der Waals surface area (Å²) in [6.07, 6.45) is 0. The lowest BCUT2D eigenvalue weighted by Crippen LogP contribution is -2.06. The smallest absolute Gasteiger partial charge is 0.375 e. The van der Waals surface area contributed by atoms with Crippen LogP contribution in [0.3, 0.4) is 0 Å². The monoisotopic (exact) mass is 249 g/mol. The standard InChI is InChI=1S/C12H12FN3O2/c1-3-18-12(17)11-14-10(15-16-11)8-4-5-9(13)7(2)6-8/h4-6H,3H2,1-2H3,(H,14,15,16). The lowest BCUT2D eigenvalue weighted by molar-refractivity contribution is 0.0512. The second-order valence-corrected chi connectivity index (χ2v) is 3.69. The summed E-state index contributed by atoms with van der Waals surface area (Å²) in [5, 5.41) is 6.39. The first-order valence-corrected chi connectivity index (χ1v) is 5.48. The number of nitrogens with one attached hydrogen (secondary N) is 1. The minimum atomic E-state index is -0.560. The highest BCUT2D eigenvalue weighted by molar-refractivity contribution is 5.85. The van der Waals surface area contributed by atoms with Crippen molar-refractivity contribution in [3.05, 3.63) is 35.4 Å². The Morgan fingerprint density at radius 3 is 2.94 bits per heavy atom. The van der Waals surface area contributed by atoms with Gasteiger partial charge in [-0.05, 0) is 37.6 Å². The highest BCUT2D eigenvalue weighted by Gasteiger charge is 2.14. The van der Waals surface area contributed by atoms with Crippen molar-refractivity contribution in [1.82, 2.24) is 15.2 Å². The summed E-state index contributed by atoms with van der Waals surface area (Å²) < 4.78 is 17.9. The number of halogens is 1. The zero-order valence-corrected chi connectivity index (χ0v) is 10.0. The zero-order valence-electron chi connectivity index (χ0n) is 10.0. The molecule has 0 atom stereocenters. The highest BCUT2D eigenvalue weighted by Crippen LogP contribution is 2.18. The molecule has 1 aromatic heterocycles. The molecular formula is C12H12FN3O2. The van der Waals surface area contributed by atoms with Crippen molar-refractivity contribution in [2.75, 3.05) is 6.61 Å². The van der Waals surface area contributed by atoms with Gasteiger partial charge in [0.25, 0.3) is 0 Å². The average molecular weight is 249 g/mol. The highest BCUT2D eigenvalue weighted by atomic mass is 19.1. The van der Waals surface area contributed by atoms with Gasteiger partial charge in [0.1, 0.15) is 5.82 Å². The maximum Gasteiger partial charge on any atom is 0.375 e. The molecule has 1 heterocycles. The van der Waals surface area contributed by atoms with Crippen LogP contribution in [0.15, 0.2) is 18.2 Å². The molecule has 94 valence electrons. The summed E-state index contributed by atoms with van der Waals surface area (Å²) in [5.41, 5.74) is 1.13. The third kappa shape index (κ3) is 2.37. The van der Waals surface area contributed by atoms with E-state index in [0.717, 1.165) is 0 Å². The van der Waals surface area contributed by atoms with Crippen LogP contribution in [0, 0.1) is 12.7 Å². The second kappa shape index (κ2) is 4.95. The molecule has 0 aliphatic rings. The predicted molar refractivity (Wildman–Crippen MR) is 62.5 cm³/mol. The third-order valence-corrected chi connectivity index (χ3v) is 2.37. The van der Waals surface area contributed by atoms with Crippen LogP contribution >= 0.6 is 0 Å². The van der Waals surface area contributed by atoms with Gasteiger partial charge in [-0.1, -0.05) is 0 Å². The van der Waals surface area contributed by atoms with Crippen molar-refractivity contribution in [1.29, 1.82) is 0 Å². The van der Waals surface area contributed by atoms with Crippen LogP contribution in [0.4, 0.5) is 4.39 Å². The van der Waals surface area contributed by atoms with Gasteiger partial charge in [-0.25, -0.2) is 14.2 Å². The molecule has 2 rings (SSSR count). The Kier molecular flexibility index (Phi) is 3.36. The Bertz CT molecular complexity index is 580. The minimum Gasteiger partial charge on any atom is -0.460 e. The molecule has 0 unspecified atom stereocenters. The number of esters is 1. The predicted octanol–water partition coefficient (Wildman–Crippen LogP) is 2.10. The van der Waals surface area contributed by atoms with E-state index in [0.29, 0.717) is 17.0 Å². The van der Waals surface area contributed by atoms with E-state index >= 15 is 0 Å². The molecule has 6 heteroatoms. The first-order valence-electron chi connectivity index (χ1n) is 5.48. The van der Waals surface area contributed by atoms with E-state index < -0.39 is 5.97 Å². The van der Waals surface area contributed by atoms with Crippen molar-refractivity contribution in [2.24, 2.45) is 0 Å². The van der Waals surface area contributed by atoms with Crippen molar-refractivity contribution in [2.45, 2.75) is 13.8 Å². The molecule has 0 saturated heterocycles. The number of hydrogen-bond acceptors (Lipinski definition) is 4. The quantitative estimate of drug-likeness (QED) is 0.846. The first kappa shape index (κ1) is 12.2. The Morgan fingerprint density at radius 2 is 2.28 bits per heavy atom. The second-order valence-electron chi connectivity index (χ2n) is 3.69. The molecule has 0 bridgehead atoms. The zero-order chi connectivity index (χ0) is 13.1. The van der Waals surface area contributed by atoms with Crippen molar-refractivity contribution >= 4 is 5.97 Å². The van der Waals surface area contributed by atoms with Crippen LogP contribution < -0.4 is 0 Å². The molecule has 0 amide bonds. The fourth-order valence-electron chi connectivity index (χ4n) is 1.47. The Morgan fingerprint density at radius 1 is 1.50 bits per heavy atom. The fraction of sp³-hybridized carbons (Fsp3) is 0.250. The van der Waals surface area contributed by atoms with E-state index in [2.05, 4.69) is 15.2 Å². The molecule has 0 saturated carbocycles. The van der Waals surface area contributed by atoms with Crippen LogP contribution in [-0.2, 0) is 4.74 Å². The summed E-state index contributed by atoms with van der Waals surface area (Å²) in [4.78, 5) is 15.4. The van der Waals surface area contributed by atoms with Gasteiger partial charge in [0.2, 0.25) is 5.82 Å².